The number of nitro benzene ring substituents is 1. The van der Waals surface area contributed by atoms with Crippen LogP contribution in [0, 0.1) is 10.1 Å². The predicted molar refractivity (Wildman–Crippen MR) is 59.3 cm³/mol. The molecule has 5 nitrogen and oxygen atoms in total. The van der Waals surface area contributed by atoms with E-state index in [0.29, 0.717) is 5.56 Å². The Labute approximate surface area is 93.1 Å². The first-order chi connectivity index (χ1) is 7.69. The molecule has 0 saturated heterocycles. The lowest BCUT2D eigenvalue weighted by Crippen LogP contribution is -1.99. The van der Waals surface area contributed by atoms with Crippen molar-refractivity contribution < 1.29 is 14.8 Å². The Balaban J connectivity index is 2.94. The molecule has 0 fully saturated rings. The van der Waals surface area contributed by atoms with Crippen LogP contribution in [0.1, 0.15) is 12.5 Å². The van der Waals surface area contributed by atoms with Crippen molar-refractivity contribution >= 4 is 5.69 Å². The maximum absolute atomic E-state index is 10.7. The molecule has 0 unspecified atom stereocenters. The van der Waals surface area contributed by atoms with Crippen molar-refractivity contribution in [3.63, 3.8) is 0 Å². The van der Waals surface area contributed by atoms with Crippen LogP contribution in [0.3, 0.4) is 0 Å². The zero-order chi connectivity index (χ0) is 12.0. The quantitative estimate of drug-likeness (QED) is 0.471. The van der Waals surface area contributed by atoms with Gasteiger partial charge < -0.3 is 9.84 Å². The summed E-state index contributed by atoms with van der Waals surface area (Å²) < 4.78 is 5.23. The summed E-state index contributed by atoms with van der Waals surface area (Å²) in [4.78, 5) is 10.2. The molecule has 1 rings (SSSR count). The molecular weight excluding hydrogens is 210 g/mol. The van der Waals surface area contributed by atoms with E-state index >= 15 is 0 Å². The van der Waals surface area contributed by atoms with Gasteiger partial charge in [0.15, 0.2) is 5.75 Å². The van der Waals surface area contributed by atoms with Crippen LogP contribution in [-0.2, 0) is 6.61 Å². The molecule has 0 aromatic heterocycles. The molecule has 0 radical (unpaired) electrons. The summed E-state index contributed by atoms with van der Waals surface area (Å²) in [5.41, 5.74) is 0.362. The first-order valence-electron chi connectivity index (χ1n) is 4.81. The first kappa shape index (κ1) is 12.2. The van der Waals surface area contributed by atoms with E-state index in [-0.39, 0.29) is 24.7 Å². The molecule has 5 heteroatoms. The number of nitro groups is 1. The van der Waals surface area contributed by atoms with Crippen molar-refractivity contribution in [3.05, 3.63) is 46.0 Å². The Kier molecular flexibility index (Phi) is 4.47. The molecule has 0 atom stereocenters. The molecule has 0 aliphatic heterocycles. The van der Waals surface area contributed by atoms with Crippen LogP contribution >= 0.6 is 0 Å². The van der Waals surface area contributed by atoms with Gasteiger partial charge in [0.25, 0.3) is 0 Å². The van der Waals surface area contributed by atoms with Gasteiger partial charge in [0.05, 0.1) is 11.5 Å². The van der Waals surface area contributed by atoms with E-state index in [0.717, 1.165) is 0 Å². The van der Waals surface area contributed by atoms with Crippen LogP contribution in [0.25, 0.3) is 0 Å². The van der Waals surface area contributed by atoms with E-state index in [1.165, 1.54) is 12.1 Å². The van der Waals surface area contributed by atoms with Gasteiger partial charge in [-0.1, -0.05) is 18.2 Å². The van der Waals surface area contributed by atoms with Crippen molar-refractivity contribution in [2.75, 3.05) is 6.61 Å². The Morgan fingerprint density at radius 2 is 2.31 bits per heavy atom. The molecule has 0 bridgehead atoms. The monoisotopic (exact) mass is 223 g/mol. The average Bonchev–Trinajstić information content (AvgIpc) is 2.29. The Bertz CT molecular complexity index is 401. The number of aliphatic hydroxyl groups excluding tert-OH is 1. The lowest BCUT2D eigenvalue weighted by atomic mass is 10.2. The number of hydrogen-bond donors (Lipinski definition) is 1. The molecule has 16 heavy (non-hydrogen) atoms. The standard InChI is InChI=1S/C11H13NO4/c1-2-3-6-16-11-5-4-9(8-13)7-10(11)12(14)15/h2-5,7,13H,6,8H2,1H3/b3-2+. The minimum atomic E-state index is -0.524. The number of rotatable bonds is 5. The second-order valence-electron chi connectivity index (χ2n) is 3.10. The summed E-state index contributed by atoms with van der Waals surface area (Å²) in [6.45, 7) is 1.90. The van der Waals surface area contributed by atoms with Gasteiger partial charge in [0, 0.05) is 6.07 Å². The number of hydrogen-bond acceptors (Lipinski definition) is 4. The van der Waals surface area contributed by atoms with E-state index < -0.39 is 4.92 Å². The topological polar surface area (TPSA) is 72.6 Å². The summed E-state index contributed by atoms with van der Waals surface area (Å²) in [6, 6.07) is 4.40. The van der Waals surface area contributed by atoms with Gasteiger partial charge in [0.2, 0.25) is 0 Å². The van der Waals surface area contributed by atoms with Gasteiger partial charge in [-0.15, -0.1) is 0 Å². The fourth-order valence-corrected chi connectivity index (χ4v) is 1.16. The first-order valence-corrected chi connectivity index (χ1v) is 4.81. The molecule has 0 aliphatic carbocycles. The molecule has 0 spiro atoms. The van der Waals surface area contributed by atoms with Crippen LogP contribution < -0.4 is 4.74 Å². The van der Waals surface area contributed by atoms with Gasteiger partial charge in [-0.3, -0.25) is 10.1 Å². The minimum Gasteiger partial charge on any atom is -0.483 e. The van der Waals surface area contributed by atoms with Gasteiger partial charge in [-0.05, 0) is 18.6 Å². The summed E-state index contributed by atoms with van der Waals surface area (Å²) in [5, 5.41) is 19.6. The molecular formula is C11H13NO4. The maximum atomic E-state index is 10.7. The van der Waals surface area contributed by atoms with Crippen LogP contribution in [0.2, 0.25) is 0 Å². The third kappa shape index (κ3) is 3.06. The van der Waals surface area contributed by atoms with Gasteiger partial charge >= 0.3 is 5.69 Å². The van der Waals surface area contributed by atoms with Crippen molar-refractivity contribution in [2.24, 2.45) is 0 Å². The van der Waals surface area contributed by atoms with Gasteiger partial charge in [-0.25, -0.2) is 0 Å². The zero-order valence-electron chi connectivity index (χ0n) is 8.92. The molecule has 86 valence electrons. The van der Waals surface area contributed by atoms with Crippen molar-refractivity contribution in [1.29, 1.82) is 0 Å². The van der Waals surface area contributed by atoms with Crippen LogP contribution in [0.15, 0.2) is 30.4 Å². The molecule has 0 amide bonds. The van der Waals surface area contributed by atoms with Crippen LogP contribution in [-0.4, -0.2) is 16.6 Å². The summed E-state index contributed by atoms with van der Waals surface area (Å²) >= 11 is 0. The molecule has 0 saturated carbocycles. The number of aliphatic hydroxyl groups is 1. The third-order valence-corrected chi connectivity index (χ3v) is 1.97. The van der Waals surface area contributed by atoms with Gasteiger partial charge in [-0.2, -0.15) is 0 Å². The number of ether oxygens (including phenoxy) is 1. The van der Waals surface area contributed by atoms with Crippen molar-refractivity contribution in [3.8, 4) is 5.75 Å². The normalized spacial score (nSPS) is 10.6. The molecule has 0 aliphatic rings. The lowest BCUT2D eigenvalue weighted by molar-refractivity contribution is -0.385. The predicted octanol–water partition coefficient (Wildman–Crippen LogP) is 2.04. The molecule has 0 heterocycles. The average molecular weight is 223 g/mol. The van der Waals surface area contributed by atoms with Crippen molar-refractivity contribution in [1.82, 2.24) is 0 Å². The second-order valence-corrected chi connectivity index (χ2v) is 3.10. The maximum Gasteiger partial charge on any atom is 0.311 e. The van der Waals surface area contributed by atoms with E-state index in [1.54, 1.807) is 18.2 Å². The summed E-state index contributed by atoms with van der Waals surface area (Å²) in [5.74, 6) is 0.209. The molecule has 1 N–H and O–H groups in total. The number of allylic oxidation sites excluding steroid dienone is 1. The number of benzene rings is 1. The fraction of sp³-hybridized carbons (Fsp3) is 0.273. The van der Waals surface area contributed by atoms with Crippen LogP contribution in [0.5, 0.6) is 5.75 Å². The third-order valence-electron chi connectivity index (χ3n) is 1.97. The minimum absolute atomic E-state index is 0.129. The Morgan fingerprint density at radius 3 is 2.88 bits per heavy atom. The van der Waals surface area contributed by atoms with E-state index in [1.807, 2.05) is 6.92 Å². The molecule has 1 aromatic carbocycles. The highest BCUT2D eigenvalue weighted by Crippen LogP contribution is 2.27. The Morgan fingerprint density at radius 1 is 1.56 bits per heavy atom. The fourth-order valence-electron chi connectivity index (χ4n) is 1.16. The SMILES string of the molecule is C/C=C/COc1ccc(CO)cc1[N+](=O)[O-]. The largest absolute Gasteiger partial charge is 0.483 e. The zero-order valence-corrected chi connectivity index (χ0v) is 8.92. The van der Waals surface area contributed by atoms with E-state index in [2.05, 4.69) is 0 Å². The Hall–Kier alpha value is -1.88. The number of nitrogens with zero attached hydrogens (tertiary/aromatic N) is 1. The highest BCUT2D eigenvalue weighted by Gasteiger charge is 2.15. The van der Waals surface area contributed by atoms with E-state index in [4.69, 9.17) is 9.84 Å². The van der Waals surface area contributed by atoms with E-state index in [9.17, 15) is 10.1 Å². The summed E-state index contributed by atoms with van der Waals surface area (Å²) in [7, 11) is 0. The van der Waals surface area contributed by atoms with Gasteiger partial charge in [0.1, 0.15) is 6.61 Å². The highest BCUT2D eigenvalue weighted by atomic mass is 16.6. The summed E-state index contributed by atoms with van der Waals surface area (Å²) in [6.07, 6.45) is 3.55. The van der Waals surface area contributed by atoms with Crippen LogP contribution in [0.4, 0.5) is 5.69 Å². The van der Waals surface area contributed by atoms with Crippen molar-refractivity contribution in [2.45, 2.75) is 13.5 Å². The molecule has 1 aromatic rings. The lowest BCUT2D eigenvalue weighted by Gasteiger charge is -2.05. The highest BCUT2D eigenvalue weighted by molar-refractivity contribution is 5.48. The smallest absolute Gasteiger partial charge is 0.311 e. The second kappa shape index (κ2) is 5.87.